The zero-order chi connectivity index (χ0) is 10.4. The molecule has 0 fully saturated rings. The van der Waals surface area contributed by atoms with Crippen molar-refractivity contribution >= 4 is 8.07 Å². The molecule has 0 saturated carbocycles. The van der Waals surface area contributed by atoms with E-state index in [2.05, 4.69) is 50.0 Å². The van der Waals surface area contributed by atoms with Gasteiger partial charge in [0.1, 0.15) is 0 Å². The first-order valence-corrected chi connectivity index (χ1v) is 8.60. The molecule has 0 saturated heterocycles. The Bertz CT molecular complexity index is 289. The van der Waals surface area contributed by atoms with Crippen molar-refractivity contribution in [3.8, 4) is 0 Å². The summed E-state index contributed by atoms with van der Waals surface area (Å²) in [6.45, 7) is 7.06. The van der Waals surface area contributed by atoms with E-state index in [1.165, 1.54) is 5.20 Å². The summed E-state index contributed by atoms with van der Waals surface area (Å²) in [6.07, 6.45) is 18.8. The third-order valence-electron chi connectivity index (χ3n) is 2.09. The second-order valence-electron chi connectivity index (χ2n) is 4.45. The van der Waals surface area contributed by atoms with E-state index in [1.807, 2.05) is 12.2 Å². The SMILES string of the molecule is C[Si](C)(C)C1=[C-]CC=C1.[C-]1=CC=CC1.[H-].[H-].[Zr+4]. The van der Waals surface area contributed by atoms with Gasteiger partial charge >= 0.3 is 26.2 Å². The van der Waals surface area contributed by atoms with Gasteiger partial charge in [0.25, 0.3) is 0 Å². The molecule has 0 spiro atoms. The summed E-state index contributed by atoms with van der Waals surface area (Å²) in [7, 11) is -1.01. The van der Waals surface area contributed by atoms with Crippen LogP contribution >= 0.6 is 0 Å². The molecule has 2 rings (SSSR count). The van der Waals surface area contributed by atoms with Crippen molar-refractivity contribution in [2.45, 2.75) is 32.5 Å². The van der Waals surface area contributed by atoms with Crippen molar-refractivity contribution in [1.29, 1.82) is 0 Å². The van der Waals surface area contributed by atoms with E-state index < -0.39 is 8.07 Å². The third kappa shape index (κ3) is 6.27. The van der Waals surface area contributed by atoms with E-state index in [-0.39, 0.29) is 29.1 Å². The molecule has 0 atom stereocenters. The minimum atomic E-state index is -1.01. The summed E-state index contributed by atoms with van der Waals surface area (Å²) in [6, 6.07) is 0. The summed E-state index contributed by atoms with van der Waals surface area (Å²) in [5, 5.41) is 1.49. The molecule has 15 heavy (non-hydrogen) atoms. The van der Waals surface area contributed by atoms with E-state index >= 15 is 0 Å². The van der Waals surface area contributed by atoms with Crippen molar-refractivity contribution in [3.05, 3.63) is 47.7 Å². The van der Waals surface area contributed by atoms with Crippen LogP contribution in [0.25, 0.3) is 0 Å². The Morgan fingerprint density at radius 1 is 1.20 bits per heavy atom. The molecule has 2 heteroatoms. The van der Waals surface area contributed by atoms with Crippen molar-refractivity contribution in [2.75, 3.05) is 0 Å². The second-order valence-corrected chi connectivity index (χ2v) is 9.49. The maximum atomic E-state index is 3.36. The molecular weight excluding hydrogens is 275 g/mol. The normalized spacial score (nSPS) is 16.9. The summed E-state index contributed by atoms with van der Waals surface area (Å²) in [5.74, 6) is 0. The van der Waals surface area contributed by atoms with Crippen LogP contribution in [0.1, 0.15) is 15.7 Å². The number of hydrogen-bond acceptors (Lipinski definition) is 0. The van der Waals surface area contributed by atoms with Gasteiger partial charge < -0.3 is 2.85 Å². The van der Waals surface area contributed by atoms with Crippen LogP contribution < -0.4 is 0 Å². The van der Waals surface area contributed by atoms with Crippen molar-refractivity contribution in [1.82, 2.24) is 0 Å². The summed E-state index contributed by atoms with van der Waals surface area (Å²) in [4.78, 5) is 0. The zero-order valence-electron chi connectivity index (χ0n) is 11.8. The number of allylic oxidation sites excluding steroid dienone is 8. The molecule has 0 aromatic heterocycles. The summed E-state index contributed by atoms with van der Waals surface area (Å²) < 4.78 is 0. The fourth-order valence-electron chi connectivity index (χ4n) is 1.26. The molecule has 0 aromatic rings. The van der Waals surface area contributed by atoms with Crippen molar-refractivity contribution in [3.63, 3.8) is 0 Å². The average Bonchev–Trinajstić information content (AvgIpc) is 2.80. The van der Waals surface area contributed by atoms with Crippen LogP contribution in [0.2, 0.25) is 19.6 Å². The van der Waals surface area contributed by atoms with Gasteiger partial charge in [-0.3, -0.25) is 12.2 Å². The second kappa shape index (κ2) is 7.35. The van der Waals surface area contributed by atoms with Crippen LogP contribution in [0.15, 0.2) is 35.6 Å². The molecule has 0 bridgehead atoms. The maximum absolute atomic E-state index is 3.36. The molecule has 0 heterocycles. The van der Waals surface area contributed by atoms with Gasteiger partial charge in [0.05, 0.1) is 0 Å². The fraction of sp³-hybridized carbons (Fsp3) is 0.385. The molecule has 0 N–H and O–H groups in total. The van der Waals surface area contributed by atoms with Gasteiger partial charge in [0.2, 0.25) is 0 Å². The molecule has 0 amide bonds. The first-order chi connectivity index (χ1) is 6.61. The molecule has 2 aliphatic rings. The van der Waals surface area contributed by atoms with Gasteiger partial charge in [-0.15, -0.1) is 12.8 Å². The van der Waals surface area contributed by atoms with Gasteiger partial charge in [-0.05, 0) is 0 Å². The van der Waals surface area contributed by atoms with E-state index in [4.69, 9.17) is 0 Å². The zero-order valence-corrected chi connectivity index (χ0v) is 13.3. The van der Waals surface area contributed by atoms with Crippen LogP contribution in [0.5, 0.6) is 0 Å². The largest absolute Gasteiger partial charge is 4.00 e. The Hall–Kier alpha value is 0.0600. The first-order valence-electron chi connectivity index (χ1n) is 5.10. The first kappa shape index (κ1) is 15.1. The van der Waals surface area contributed by atoms with Crippen LogP contribution in [0.3, 0.4) is 0 Å². The molecule has 0 radical (unpaired) electrons. The van der Waals surface area contributed by atoms with Crippen molar-refractivity contribution in [2.24, 2.45) is 0 Å². The van der Waals surface area contributed by atoms with Crippen LogP contribution in [-0.2, 0) is 26.2 Å². The quantitative estimate of drug-likeness (QED) is 0.505. The van der Waals surface area contributed by atoms with Gasteiger partial charge in [0.15, 0.2) is 0 Å². The van der Waals surface area contributed by atoms with Crippen molar-refractivity contribution < 1.29 is 29.1 Å². The third-order valence-corrected chi connectivity index (χ3v) is 4.05. The van der Waals surface area contributed by atoms with E-state index in [0.29, 0.717) is 0 Å². The monoisotopic (exact) mass is 294 g/mol. The molecule has 80 valence electrons. The Labute approximate surface area is 117 Å². The topological polar surface area (TPSA) is 0 Å². The fourth-order valence-corrected chi connectivity index (χ4v) is 2.51. The number of rotatable bonds is 1. The summed E-state index contributed by atoms with van der Waals surface area (Å²) >= 11 is 0. The van der Waals surface area contributed by atoms with Crippen LogP contribution in [0, 0.1) is 12.2 Å². The van der Waals surface area contributed by atoms with Gasteiger partial charge in [-0.1, -0.05) is 19.6 Å². The van der Waals surface area contributed by atoms with Gasteiger partial charge in [-0.25, -0.2) is 23.4 Å². The van der Waals surface area contributed by atoms with E-state index in [1.54, 1.807) is 0 Å². The molecule has 2 aliphatic carbocycles. The number of hydrogen-bond donors (Lipinski definition) is 0. The Kier molecular flexibility index (Phi) is 7.38. The molecule has 0 aliphatic heterocycles. The minimum absolute atomic E-state index is 0. The van der Waals surface area contributed by atoms with E-state index in [9.17, 15) is 0 Å². The molecule has 0 nitrogen and oxygen atoms in total. The Morgan fingerprint density at radius 2 is 1.93 bits per heavy atom. The molecular formula is C13H20SiZr. The smallest absolute Gasteiger partial charge is 1.00 e. The van der Waals surface area contributed by atoms with Gasteiger partial charge in [0, 0.05) is 8.07 Å². The van der Waals surface area contributed by atoms with E-state index in [0.717, 1.165) is 12.8 Å². The average molecular weight is 296 g/mol. The summed E-state index contributed by atoms with van der Waals surface area (Å²) in [5.41, 5.74) is 0. The predicted molar refractivity (Wildman–Crippen MR) is 67.7 cm³/mol. The predicted octanol–water partition coefficient (Wildman–Crippen LogP) is 4.08. The Balaban J connectivity index is -0.000000216. The van der Waals surface area contributed by atoms with Gasteiger partial charge in [-0.2, -0.15) is 12.2 Å². The Morgan fingerprint density at radius 3 is 2.13 bits per heavy atom. The standard InChI is InChI=1S/C8H13Si.C5H5.Zr.2H/c1-9(2,3)8-6-4-5-7-8;1-2-4-5-3-1;;;/h4,6H,5H2,1-3H3;1-3H,4H2;;;/q2*-1;+4;2*-1. The van der Waals surface area contributed by atoms with Crippen LogP contribution in [-0.4, -0.2) is 8.07 Å². The van der Waals surface area contributed by atoms with Crippen LogP contribution in [0.4, 0.5) is 0 Å². The molecule has 0 unspecified atom stereocenters. The minimum Gasteiger partial charge on any atom is -1.00 e. The maximum Gasteiger partial charge on any atom is 4.00 e. The molecule has 0 aromatic carbocycles.